The molecule has 0 aliphatic carbocycles. The fourth-order valence-electron chi connectivity index (χ4n) is 1.36. The summed E-state index contributed by atoms with van der Waals surface area (Å²) in [7, 11) is 3.03. The van der Waals surface area contributed by atoms with Crippen LogP contribution in [0.25, 0.3) is 0 Å². The molecule has 0 aliphatic heterocycles. The van der Waals surface area contributed by atoms with Crippen molar-refractivity contribution in [1.82, 2.24) is 5.32 Å². The van der Waals surface area contributed by atoms with Crippen LogP contribution in [0.15, 0.2) is 24.3 Å². The van der Waals surface area contributed by atoms with E-state index < -0.39 is 5.54 Å². The average molecular weight is 209 g/mol. The molecule has 0 amide bonds. The van der Waals surface area contributed by atoms with E-state index in [0.29, 0.717) is 0 Å². The molecule has 0 fully saturated rings. The number of methoxy groups -OCH3 is 1. The minimum atomic E-state index is -0.886. The highest BCUT2D eigenvalue weighted by Gasteiger charge is 2.34. The zero-order chi connectivity index (χ0) is 11.5. The first kappa shape index (κ1) is 11.5. The standard InChI is InChI=1S/C11H15NO3/c1-11(12-2,10(14)15-3)8-4-6-9(13)7-5-8/h4-7,12-13H,1-3H3. The minimum Gasteiger partial charge on any atom is -0.508 e. The van der Waals surface area contributed by atoms with Crippen molar-refractivity contribution >= 4 is 5.97 Å². The highest BCUT2D eigenvalue weighted by Crippen LogP contribution is 2.23. The van der Waals surface area contributed by atoms with Crippen LogP contribution in [0.5, 0.6) is 5.75 Å². The lowest BCUT2D eigenvalue weighted by atomic mass is 9.92. The second-order valence-corrected chi connectivity index (χ2v) is 3.41. The normalized spacial score (nSPS) is 14.3. The first-order valence-corrected chi connectivity index (χ1v) is 4.61. The summed E-state index contributed by atoms with van der Waals surface area (Å²) in [5, 5.41) is 12.1. The lowest BCUT2D eigenvalue weighted by Gasteiger charge is -2.26. The molecule has 1 aromatic carbocycles. The number of hydrogen-bond donors (Lipinski definition) is 2. The van der Waals surface area contributed by atoms with Gasteiger partial charge in [-0.15, -0.1) is 0 Å². The van der Waals surface area contributed by atoms with Crippen LogP contribution in [0.1, 0.15) is 12.5 Å². The molecule has 0 saturated carbocycles. The van der Waals surface area contributed by atoms with Gasteiger partial charge in [-0.1, -0.05) is 12.1 Å². The van der Waals surface area contributed by atoms with E-state index in [4.69, 9.17) is 9.84 Å². The second kappa shape index (κ2) is 4.31. The largest absolute Gasteiger partial charge is 0.508 e. The fraction of sp³-hybridized carbons (Fsp3) is 0.364. The van der Waals surface area contributed by atoms with Gasteiger partial charge in [0.1, 0.15) is 11.3 Å². The molecule has 0 radical (unpaired) electrons. The van der Waals surface area contributed by atoms with Crippen molar-refractivity contribution < 1.29 is 14.6 Å². The minimum absolute atomic E-state index is 0.169. The number of hydrogen-bond acceptors (Lipinski definition) is 4. The van der Waals surface area contributed by atoms with Crippen LogP contribution in [0.2, 0.25) is 0 Å². The van der Waals surface area contributed by atoms with E-state index in [1.54, 1.807) is 26.1 Å². The number of aromatic hydroxyl groups is 1. The van der Waals surface area contributed by atoms with Crippen molar-refractivity contribution in [1.29, 1.82) is 0 Å². The Balaban J connectivity index is 3.11. The van der Waals surface area contributed by atoms with Gasteiger partial charge in [0.05, 0.1) is 7.11 Å². The van der Waals surface area contributed by atoms with Crippen LogP contribution in [0, 0.1) is 0 Å². The molecule has 1 unspecified atom stereocenters. The van der Waals surface area contributed by atoms with E-state index >= 15 is 0 Å². The van der Waals surface area contributed by atoms with Crippen molar-refractivity contribution in [3.8, 4) is 5.75 Å². The Labute approximate surface area is 88.9 Å². The molecular formula is C11H15NO3. The zero-order valence-electron chi connectivity index (χ0n) is 9.07. The highest BCUT2D eigenvalue weighted by atomic mass is 16.5. The molecule has 1 aromatic rings. The van der Waals surface area contributed by atoms with Gasteiger partial charge in [-0.25, -0.2) is 4.79 Å². The van der Waals surface area contributed by atoms with Crippen molar-refractivity contribution in [2.75, 3.05) is 14.2 Å². The number of phenolic OH excluding ortho intramolecular Hbond substituents is 1. The van der Waals surface area contributed by atoms with Gasteiger partial charge in [0, 0.05) is 0 Å². The van der Waals surface area contributed by atoms with Crippen molar-refractivity contribution in [3.05, 3.63) is 29.8 Å². The number of phenols is 1. The molecule has 0 saturated heterocycles. The van der Waals surface area contributed by atoms with Gasteiger partial charge in [0.25, 0.3) is 0 Å². The molecule has 82 valence electrons. The molecule has 0 aliphatic rings. The van der Waals surface area contributed by atoms with Crippen LogP contribution in [0.3, 0.4) is 0 Å². The summed E-state index contributed by atoms with van der Waals surface area (Å²) in [5.74, 6) is -0.197. The predicted octanol–water partition coefficient (Wildman–Crippen LogP) is 1.000. The van der Waals surface area contributed by atoms with Gasteiger partial charge < -0.3 is 15.2 Å². The van der Waals surface area contributed by atoms with E-state index in [9.17, 15) is 4.79 Å². The summed E-state index contributed by atoms with van der Waals surface area (Å²) in [5.41, 5.74) is -0.141. The maximum absolute atomic E-state index is 11.6. The van der Waals surface area contributed by atoms with Gasteiger partial charge in [0.2, 0.25) is 0 Å². The van der Waals surface area contributed by atoms with Gasteiger partial charge in [-0.05, 0) is 31.7 Å². The van der Waals surface area contributed by atoms with Crippen molar-refractivity contribution in [3.63, 3.8) is 0 Å². The molecule has 15 heavy (non-hydrogen) atoms. The smallest absolute Gasteiger partial charge is 0.330 e. The maximum Gasteiger partial charge on any atom is 0.330 e. The molecule has 4 nitrogen and oxygen atoms in total. The Morgan fingerprint density at radius 3 is 2.33 bits per heavy atom. The summed E-state index contributed by atoms with van der Waals surface area (Å²) in [6, 6.07) is 6.44. The van der Waals surface area contributed by atoms with Crippen LogP contribution in [0.4, 0.5) is 0 Å². The molecule has 2 N–H and O–H groups in total. The van der Waals surface area contributed by atoms with Gasteiger partial charge in [0.15, 0.2) is 0 Å². The number of likely N-dealkylation sites (N-methyl/N-ethyl adjacent to an activating group) is 1. The number of ether oxygens (including phenoxy) is 1. The van der Waals surface area contributed by atoms with Crippen LogP contribution in [-0.4, -0.2) is 25.2 Å². The first-order valence-electron chi connectivity index (χ1n) is 4.61. The zero-order valence-corrected chi connectivity index (χ0v) is 9.07. The number of carbonyl (C=O) groups excluding carboxylic acids is 1. The summed E-state index contributed by atoms with van der Waals surface area (Å²) in [6.07, 6.45) is 0. The third kappa shape index (κ3) is 2.10. The van der Waals surface area contributed by atoms with Crippen LogP contribution < -0.4 is 5.32 Å². The molecular weight excluding hydrogens is 194 g/mol. The Morgan fingerprint density at radius 2 is 1.93 bits per heavy atom. The van der Waals surface area contributed by atoms with Gasteiger partial charge >= 0.3 is 5.97 Å². The lowest BCUT2D eigenvalue weighted by Crippen LogP contribution is -2.45. The molecule has 0 spiro atoms. The molecule has 4 heteroatoms. The molecule has 1 atom stereocenters. The van der Waals surface area contributed by atoms with E-state index in [2.05, 4.69) is 5.32 Å². The van der Waals surface area contributed by atoms with Gasteiger partial charge in [-0.2, -0.15) is 0 Å². The van der Waals surface area contributed by atoms with E-state index in [1.807, 2.05) is 0 Å². The van der Waals surface area contributed by atoms with E-state index in [1.165, 1.54) is 19.2 Å². The predicted molar refractivity (Wildman–Crippen MR) is 56.5 cm³/mol. The molecule has 0 aromatic heterocycles. The van der Waals surface area contributed by atoms with Gasteiger partial charge in [-0.3, -0.25) is 0 Å². The molecule has 1 rings (SSSR count). The second-order valence-electron chi connectivity index (χ2n) is 3.41. The third-order valence-electron chi connectivity index (χ3n) is 2.54. The molecule has 0 heterocycles. The number of esters is 1. The summed E-state index contributed by atoms with van der Waals surface area (Å²) in [4.78, 5) is 11.6. The summed E-state index contributed by atoms with van der Waals surface area (Å²) in [6.45, 7) is 1.73. The summed E-state index contributed by atoms with van der Waals surface area (Å²) >= 11 is 0. The SMILES string of the molecule is CNC(C)(C(=O)OC)c1ccc(O)cc1. The van der Waals surface area contributed by atoms with Crippen LogP contribution in [-0.2, 0) is 15.1 Å². The molecule has 0 bridgehead atoms. The lowest BCUT2D eigenvalue weighted by molar-refractivity contribution is -0.148. The number of nitrogens with one attached hydrogen (secondary N) is 1. The Kier molecular flexibility index (Phi) is 3.31. The van der Waals surface area contributed by atoms with Crippen molar-refractivity contribution in [2.24, 2.45) is 0 Å². The maximum atomic E-state index is 11.6. The first-order chi connectivity index (χ1) is 7.04. The number of carbonyl (C=O) groups is 1. The quantitative estimate of drug-likeness (QED) is 0.729. The number of benzene rings is 1. The van der Waals surface area contributed by atoms with Crippen LogP contribution >= 0.6 is 0 Å². The topological polar surface area (TPSA) is 58.6 Å². The Morgan fingerprint density at radius 1 is 1.40 bits per heavy atom. The fourth-order valence-corrected chi connectivity index (χ4v) is 1.36. The monoisotopic (exact) mass is 209 g/mol. The third-order valence-corrected chi connectivity index (χ3v) is 2.54. The van der Waals surface area contributed by atoms with Crippen molar-refractivity contribution in [2.45, 2.75) is 12.5 Å². The Bertz CT molecular complexity index is 347. The number of rotatable bonds is 3. The van der Waals surface area contributed by atoms with E-state index in [-0.39, 0.29) is 11.7 Å². The van der Waals surface area contributed by atoms with E-state index in [0.717, 1.165) is 5.56 Å². The average Bonchev–Trinajstić information content (AvgIpc) is 2.27. The highest BCUT2D eigenvalue weighted by molar-refractivity contribution is 5.82. The Hall–Kier alpha value is -1.55. The summed E-state index contributed by atoms with van der Waals surface area (Å²) < 4.78 is 4.73.